The molecule has 0 fully saturated rings. The van der Waals surface area contributed by atoms with Crippen LogP contribution in [0.1, 0.15) is 12.0 Å². The van der Waals surface area contributed by atoms with Crippen molar-refractivity contribution in [3.05, 3.63) is 35.4 Å². The van der Waals surface area contributed by atoms with Crippen LogP contribution in [-0.2, 0) is 20.0 Å². The van der Waals surface area contributed by atoms with Crippen molar-refractivity contribution in [3.63, 3.8) is 0 Å². The van der Waals surface area contributed by atoms with Crippen LogP contribution in [0.25, 0.3) is 0 Å². The van der Waals surface area contributed by atoms with E-state index in [0.717, 1.165) is 25.1 Å². The molecule has 3 N–H and O–H groups in total. The summed E-state index contributed by atoms with van der Waals surface area (Å²) in [6.07, 6.45) is 2.78. The van der Waals surface area contributed by atoms with Crippen molar-refractivity contribution in [1.29, 1.82) is 0 Å². The van der Waals surface area contributed by atoms with Gasteiger partial charge in [-0.25, -0.2) is 26.3 Å². The zero-order valence-corrected chi connectivity index (χ0v) is 14.7. The van der Waals surface area contributed by atoms with E-state index in [-0.39, 0.29) is 16.3 Å². The fourth-order valence-electron chi connectivity index (χ4n) is 2.30. The zero-order chi connectivity index (χ0) is 17.1. The van der Waals surface area contributed by atoms with E-state index >= 15 is 0 Å². The van der Waals surface area contributed by atoms with E-state index in [4.69, 9.17) is 0 Å². The molecule has 0 unspecified atom stereocenters. The maximum atomic E-state index is 12.3. The third kappa shape index (κ3) is 4.39. The fourth-order valence-corrected chi connectivity index (χ4v) is 4.37. The Bertz CT molecular complexity index is 814. The van der Waals surface area contributed by atoms with E-state index in [1.54, 1.807) is 6.92 Å². The highest BCUT2D eigenvalue weighted by molar-refractivity contribution is 7.90. The first-order valence-electron chi connectivity index (χ1n) is 7.19. The fraction of sp³-hybridized carbons (Fsp3) is 0.429. The standard InChI is InChI=1S/C14H21N3O4S2/c1-11-9-13(3-4-14(11)23(20,21)15-2)22(18,19)17-10-12-5-7-16-8-6-12/h3-5,9,15-17H,6-8,10H2,1-2H3. The lowest BCUT2D eigenvalue weighted by molar-refractivity contribution is 0.580. The quantitative estimate of drug-likeness (QED) is 0.625. The smallest absolute Gasteiger partial charge is 0.240 e. The first kappa shape index (κ1) is 18.1. The molecule has 0 aromatic heterocycles. The zero-order valence-electron chi connectivity index (χ0n) is 13.1. The van der Waals surface area contributed by atoms with Crippen LogP contribution in [0.4, 0.5) is 0 Å². The summed E-state index contributed by atoms with van der Waals surface area (Å²) in [5.74, 6) is 0. The molecule has 9 heteroatoms. The minimum Gasteiger partial charge on any atom is -0.313 e. The first-order valence-corrected chi connectivity index (χ1v) is 10.2. The summed E-state index contributed by atoms with van der Waals surface area (Å²) in [5, 5.41) is 3.16. The van der Waals surface area contributed by atoms with Crippen LogP contribution < -0.4 is 14.8 Å². The van der Waals surface area contributed by atoms with Crippen molar-refractivity contribution >= 4 is 20.0 Å². The summed E-state index contributed by atoms with van der Waals surface area (Å²) in [7, 11) is -5.97. The van der Waals surface area contributed by atoms with Crippen molar-refractivity contribution in [2.24, 2.45) is 0 Å². The molecule has 1 aromatic carbocycles. The first-order chi connectivity index (χ1) is 10.8. The third-order valence-corrected chi connectivity index (χ3v) is 6.64. The molecular weight excluding hydrogens is 338 g/mol. The summed E-state index contributed by atoms with van der Waals surface area (Å²) in [5.41, 5.74) is 1.42. The number of sulfonamides is 2. The molecule has 0 bridgehead atoms. The van der Waals surface area contributed by atoms with Crippen LogP contribution >= 0.6 is 0 Å². The molecule has 0 saturated heterocycles. The number of rotatable bonds is 6. The van der Waals surface area contributed by atoms with Crippen LogP contribution in [0.2, 0.25) is 0 Å². The van der Waals surface area contributed by atoms with Gasteiger partial charge < -0.3 is 5.32 Å². The maximum absolute atomic E-state index is 12.3. The second-order valence-electron chi connectivity index (χ2n) is 5.28. The summed E-state index contributed by atoms with van der Waals surface area (Å²) in [4.78, 5) is 0.125. The molecule has 0 radical (unpaired) electrons. The van der Waals surface area contributed by atoms with Crippen LogP contribution in [0.3, 0.4) is 0 Å². The van der Waals surface area contributed by atoms with Gasteiger partial charge in [0.15, 0.2) is 0 Å². The SMILES string of the molecule is CNS(=O)(=O)c1ccc(S(=O)(=O)NCC2=CCNCC2)cc1C. The van der Waals surface area contributed by atoms with Gasteiger partial charge in [0.1, 0.15) is 0 Å². The van der Waals surface area contributed by atoms with Crippen molar-refractivity contribution in [1.82, 2.24) is 14.8 Å². The van der Waals surface area contributed by atoms with E-state index in [1.165, 1.54) is 25.2 Å². The Kier molecular flexibility index (Phi) is 5.58. The molecule has 2 rings (SSSR count). The van der Waals surface area contributed by atoms with Gasteiger partial charge >= 0.3 is 0 Å². The molecule has 0 aliphatic carbocycles. The van der Waals surface area contributed by atoms with Gasteiger partial charge in [-0.3, -0.25) is 0 Å². The molecular formula is C14H21N3O4S2. The monoisotopic (exact) mass is 359 g/mol. The number of hydrogen-bond acceptors (Lipinski definition) is 5. The molecule has 0 amide bonds. The summed E-state index contributed by atoms with van der Waals surface area (Å²) >= 11 is 0. The number of nitrogens with one attached hydrogen (secondary N) is 3. The second-order valence-corrected chi connectivity index (χ2v) is 8.90. The van der Waals surface area contributed by atoms with Gasteiger partial charge in [0, 0.05) is 13.1 Å². The van der Waals surface area contributed by atoms with Crippen LogP contribution in [0.5, 0.6) is 0 Å². The predicted molar refractivity (Wildman–Crippen MR) is 88.2 cm³/mol. The Morgan fingerprint density at radius 3 is 2.48 bits per heavy atom. The van der Waals surface area contributed by atoms with Gasteiger partial charge in [0.05, 0.1) is 9.79 Å². The molecule has 1 aliphatic heterocycles. The molecule has 0 atom stereocenters. The molecule has 0 saturated carbocycles. The molecule has 0 spiro atoms. The molecule has 7 nitrogen and oxygen atoms in total. The highest BCUT2D eigenvalue weighted by Gasteiger charge is 2.19. The Hall–Kier alpha value is -1.26. The summed E-state index contributed by atoms with van der Waals surface area (Å²) < 4.78 is 53.1. The summed E-state index contributed by atoms with van der Waals surface area (Å²) in [6, 6.07) is 3.97. The van der Waals surface area contributed by atoms with Crippen molar-refractivity contribution in [2.45, 2.75) is 23.1 Å². The van der Waals surface area contributed by atoms with Crippen molar-refractivity contribution in [2.75, 3.05) is 26.7 Å². The average Bonchev–Trinajstić information content (AvgIpc) is 2.53. The topological polar surface area (TPSA) is 104 Å². The van der Waals surface area contributed by atoms with Crippen LogP contribution in [-0.4, -0.2) is 43.5 Å². The maximum Gasteiger partial charge on any atom is 0.240 e. The van der Waals surface area contributed by atoms with Crippen molar-refractivity contribution < 1.29 is 16.8 Å². The number of benzene rings is 1. The van der Waals surface area contributed by atoms with Gasteiger partial charge in [-0.1, -0.05) is 11.6 Å². The van der Waals surface area contributed by atoms with Gasteiger partial charge in [0.2, 0.25) is 20.0 Å². The lowest BCUT2D eigenvalue weighted by atomic mass is 10.1. The molecule has 128 valence electrons. The van der Waals surface area contributed by atoms with Gasteiger partial charge in [0.25, 0.3) is 0 Å². The Balaban J connectivity index is 2.20. The van der Waals surface area contributed by atoms with Gasteiger partial charge in [-0.05, 0) is 50.7 Å². The Labute approximate surface area is 137 Å². The van der Waals surface area contributed by atoms with Crippen LogP contribution in [0, 0.1) is 6.92 Å². The van der Waals surface area contributed by atoms with Crippen molar-refractivity contribution in [3.8, 4) is 0 Å². The Morgan fingerprint density at radius 2 is 1.91 bits per heavy atom. The highest BCUT2D eigenvalue weighted by Crippen LogP contribution is 2.19. The minimum atomic E-state index is -3.68. The molecule has 1 aliphatic rings. The predicted octanol–water partition coefficient (Wildman–Crippen LogP) is 0.101. The third-order valence-electron chi connectivity index (χ3n) is 3.66. The van der Waals surface area contributed by atoms with E-state index in [2.05, 4.69) is 14.8 Å². The minimum absolute atomic E-state index is 0.0552. The van der Waals surface area contributed by atoms with E-state index in [1.807, 2.05) is 6.08 Å². The molecule has 1 heterocycles. The average molecular weight is 359 g/mol. The lowest BCUT2D eigenvalue weighted by Gasteiger charge is -2.15. The largest absolute Gasteiger partial charge is 0.313 e. The van der Waals surface area contributed by atoms with E-state index in [0.29, 0.717) is 5.56 Å². The highest BCUT2D eigenvalue weighted by atomic mass is 32.2. The van der Waals surface area contributed by atoms with E-state index < -0.39 is 20.0 Å². The van der Waals surface area contributed by atoms with E-state index in [9.17, 15) is 16.8 Å². The van der Waals surface area contributed by atoms with Gasteiger partial charge in [-0.2, -0.15) is 0 Å². The number of aryl methyl sites for hydroxylation is 1. The normalized spacial score (nSPS) is 16.2. The molecule has 23 heavy (non-hydrogen) atoms. The molecule has 1 aromatic rings. The second kappa shape index (κ2) is 7.10. The van der Waals surface area contributed by atoms with Crippen LogP contribution in [0.15, 0.2) is 39.6 Å². The summed E-state index contributed by atoms with van der Waals surface area (Å²) in [6.45, 7) is 3.41. The van der Waals surface area contributed by atoms with Gasteiger partial charge in [-0.15, -0.1) is 0 Å². The Morgan fingerprint density at radius 1 is 1.17 bits per heavy atom. The lowest BCUT2D eigenvalue weighted by Crippen LogP contribution is -2.30. The number of hydrogen-bond donors (Lipinski definition) is 3.